The molecule has 0 spiro atoms. The molecule has 2 aromatic rings. The largest absolute Gasteiger partial charge is 0.491 e. The number of hydrogen-bond acceptors (Lipinski definition) is 3. The third-order valence-electron chi connectivity index (χ3n) is 3.63. The lowest BCUT2D eigenvalue weighted by Crippen LogP contribution is -2.19. The fourth-order valence-corrected chi connectivity index (χ4v) is 2.68. The summed E-state index contributed by atoms with van der Waals surface area (Å²) in [5.41, 5.74) is 1.28. The van der Waals surface area contributed by atoms with Crippen LogP contribution >= 0.6 is 11.6 Å². The second-order valence-corrected chi connectivity index (χ2v) is 6.00. The van der Waals surface area contributed by atoms with Crippen LogP contribution in [0.3, 0.4) is 0 Å². The maximum Gasteiger partial charge on any atom is 0.323 e. The smallest absolute Gasteiger partial charge is 0.323 e. The van der Waals surface area contributed by atoms with Crippen molar-refractivity contribution in [1.82, 2.24) is 0 Å². The summed E-state index contributed by atoms with van der Waals surface area (Å²) in [5, 5.41) is 6.07. The van der Waals surface area contributed by atoms with Crippen LogP contribution in [-0.4, -0.2) is 25.3 Å². The average Bonchev–Trinajstić information content (AvgIpc) is 3.06. The summed E-state index contributed by atoms with van der Waals surface area (Å²) in [4.78, 5) is 12.0. The SMILES string of the molecule is O=C(Nc1cccc(Cl)c1)Nc1cccc(OC[C@H]2CCCO2)c1. The third-order valence-corrected chi connectivity index (χ3v) is 3.87. The summed E-state index contributed by atoms with van der Waals surface area (Å²) in [5.74, 6) is 0.700. The Kier molecular flexibility index (Phi) is 5.56. The fourth-order valence-electron chi connectivity index (χ4n) is 2.49. The van der Waals surface area contributed by atoms with Crippen LogP contribution in [0.5, 0.6) is 5.75 Å². The summed E-state index contributed by atoms with van der Waals surface area (Å²) < 4.78 is 11.3. The van der Waals surface area contributed by atoms with E-state index in [1.807, 2.05) is 12.1 Å². The molecule has 0 saturated carbocycles. The maximum atomic E-state index is 12.0. The zero-order valence-corrected chi connectivity index (χ0v) is 13.9. The molecule has 0 bridgehead atoms. The van der Waals surface area contributed by atoms with Gasteiger partial charge in [-0.3, -0.25) is 0 Å². The number of nitrogens with one attached hydrogen (secondary N) is 2. The van der Waals surface area contributed by atoms with Gasteiger partial charge in [0.15, 0.2) is 0 Å². The van der Waals surface area contributed by atoms with Crippen molar-refractivity contribution in [2.45, 2.75) is 18.9 Å². The molecule has 0 aromatic heterocycles. The van der Waals surface area contributed by atoms with Crippen LogP contribution in [0.1, 0.15) is 12.8 Å². The Morgan fingerprint density at radius 2 is 1.92 bits per heavy atom. The van der Waals surface area contributed by atoms with Gasteiger partial charge in [-0.05, 0) is 43.2 Å². The third kappa shape index (κ3) is 4.88. The van der Waals surface area contributed by atoms with E-state index in [0.717, 1.165) is 19.4 Å². The van der Waals surface area contributed by atoms with E-state index in [1.54, 1.807) is 36.4 Å². The van der Waals surface area contributed by atoms with Crippen LogP contribution in [-0.2, 0) is 4.74 Å². The molecule has 24 heavy (non-hydrogen) atoms. The minimum Gasteiger partial charge on any atom is -0.491 e. The molecule has 2 aromatic carbocycles. The highest BCUT2D eigenvalue weighted by atomic mass is 35.5. The molecule has 0 unspecified atom stereocenters. The molecular weight excluding hydrogens is 328 g/mol. The lowest BCUT2D eigenvalue weighted by atomic mass is 10.2. The Morgan fingerprint density at radius 3 is 2.62 bits per heavy atom. The lowest BCUT2D eigenvalue weighted by Gasteiger charge is -2.13. The van der Waals surface area contributed by atoms with Crippen LogP contribution < -0.4 is 15.4 Å². The molecule has 2 N–H and O–H groups in total. The number of amides is 2. The van der Waals surface area contributed by atoms with E-state index in [2.05, 4.69) is 10.6 Å². The highest BCUT2D eigenvalue weighted by Crippen LogP contribution is 2.20. The van der Waals surface area contributed by atoms with Crippen molar-refractivity contribution in [2.24, 2.45) is 0 Å². The van der Waals surface area contributed by atoms with Crippen LogP contribution in [0.15, 0.2) is 48.5 Å². The molecule has 0 aliphatic carbocycles. The molecular formula is C18H19ClN2O3. The Morgan fingerprint density at radius 1 is 1.17 bits per heavy atom. The lowest BCUT2D eigenvalue weighted by molar-refractivity contribution is 0.0680. The number of hydrogen-bond donors (Lipinski definition) is 2. The van der Waals surface area contributed by atoms with Crippen LogP contribution in [0.2, 0.25) is 5.02 Å². The number of carbonyl (C=O) groups excluding carboxylic acids is 1. The van der Waals surface area contributed by atoms with Crippen LogP contribution in [0.4, 0.5) is 16.2 Å². The number of rotatable bonds is 5. The molecule has 0 radical (unpaired) electrons. The molecule has 1 heterocycles. The van der Waals surface area contributed by atoms with Crippen LogP contribution in [0, 0.1) is 0 Å². The summed E-state index contributed by atoms with van der Waals surface area (Å²) in [6, 6.07) is 13.9. The molecule has 1 atom stereocenters. The van der Waals surface area contributed by atoms with Crippen molar-refractivity contribution in [3.8, 4) is 5.75 Å². The first-order chi connectivity index (χ1) is 11.7. The van der Waals surface area contributed by atoms with Gasteiger partial charge in [-0.1, -0.05) is 23.7 Å². The van der Waals surface area contributed by atoms with Gasteiger partial charge in [0.05, 0.1) is 6.10 Å². The van der Waals surface area contributed by atoms with Gasteiger partial charge >= 0.3 is 6.03 Å². The molecule has 5 nitrogen and oxygen atoms in total. The highest BCUT2D eigenvalue weighted by molar-refractivity contribution is 6.30. The van der Waals surface area contributed by atoms with Gasteiger partial charge in [0.25, 0.3) is 0 Å². The zero-order valence-electron chi connectivity index (χ0n) is 13.1. The van der Waals surface area contributed by atoms with Crippen LogP contribution in [0.25, 0.3) is 0 Å². The van der Waals surface area contributed by atoms with Gasteiger partial charge in [-0.25, -0.2) is 4.79 Å². The van der Waals surface area contributed by atoms with Crippen molar-refractivity contribution in [3.05, 3.63) is 53.6 Å². The van der Waals surface area contributed by atoms with E-state index in [-0.39, 0.29) is 12.1 Å². The predicted molar refractivity (Wildman–Crippen MR) is 95.0 cm³/mol. The molecule has 2 amide bonds. The van der Waals surface area contributed by atoms with E-state index in [0.29, 0.717) is 28.8 Å². The molecule has 1 fully saturated rings. The van der Waals surface area contributed by atoms with E-state index in [4.69, 9.17) is 21.1 Å². The van der Waals surface area contributed by atoms with Gasteiger partial charge in [0.2, 0.25) is 0 Å². The summed E-state index contributed by atoms with van der Waals surface area (Å²) in [7, 11) is 0. The van der Waals surface area contributed by atoms with Crippen molar-refractivity contribution in [1.29, 1.82) is 0 Å². The Bertz CT molecular complexity index is 702. The van der Waals surface area contributed by atoms with Crippen molar-refractivity contribution in [2.75, 3.05) is 23.8 Å². The number of ether oxygens (including phenoxy) is 2. The molecule has 1 aliphatic rings. The monoisotopic (exact) mass is 346 g/mol. The van der Waals surface area contributed by atoms with Gasteiger partial charge < -0.3 is 20.1 Å². The number of carbonyl (C=O) groups is 1. The van der Waals surface area contributed by atoms with E-state index >= 15 is 0 Å². The fraction of sp³-hybridized carbons (Fsp3) is 0.278. The first kappa shape index (κ1) is 16.6. The average molecular weight is 347 g/mol. The van der Waals surface area contributed by atoms with Gasteiger partial charge in [-0.2, -0.15) is 0 Å². The summed E-state index contributed by atoms with van der Waals surface area (Å²) in [6.07, 6.45) is 2.27. The zero-order chi connectivity index (χ0) is 16.8. The minimum absolute atomic E-state index is 0.160. The summed E-state index contributed by atoms with van der Waals surface area (Å²) >= 11 is 5.90. The second kappa shape index (κ2) is 8.04. The molecule has 6 heteroatoms. The van der Waals surface area contributed by atoms with E-state index in [9.17, 15) is 4.79 Å². The quantitative estimate of drug-likeness (QED) is 0.835. The minimum atomic E-state index is -0.339. The van der Waals surface area contributed by atoms with Gasteiger partial charge in [-0.15, -0.1) is 0 Å². The number of halogens is 1. The van der Waals surface area contributed by atoms with Crippen molar-refractivity contribution in [3.63, 3.8) is 0 Å². The first-order valence-electron chi connectivity index (χ1n) is 7.87. The normalized spacial score (nSPS) is 16.6. The van der Waals surface area contributed by atoms with E-state index in [1.165, 1.54) is 0 Å². The standard InChI is InChI=1S/C18H19ClN2O3/c19-13-4-1-5-14(10-13)20-18(22)21-15-6-2-7-16(11-15)24-12-17-8-3-9-23-17/h1-2,4-7,10-11,17H,3,8-9,12H2,(H2,20,21,22)/t17-/m1/s1. The Hall–Kier alpha value is -2.24. The topological polar surface area (TPSA) is 59.6 Å². The predicted octanol–water partition coefficient (Wildman–Crippen LogP) is 4.54. The summed E-state index contributed by atoms with van der Waals surface area (Å²) in [6.45, 7) is 1.33. The maximum absolute atomic E-state index is 12.0. The second-order valence-electron chi connectivity index (χ2n) is 5.56. The Labute approximate surface area is 145 Å². The van der Waals surface area contributed by atoms with Crippen molar-refractivity contribution < 1.29 is 14.3 Å². The van der Waals surface area contributed by atoms with Gasteiger partial charge in [0.1, 0.15) is 12.4 Å². The van der Waals surface area contributed by atoms with Gasteiger partial charge in [0, 0.05) is 29.1 Å². The highest BCUT2D eigenvalue weighted by Gasteiger charge is 2.16. The molecule has 126 valence electrons. The molecule has 1 saturated heterocycles. The Balaban J connectivity index is 1.54. The van der Waals surface area contributed by atoms with E-state index < -0.39 is 0 Å². The number of anilines is 2. The first-order valence-corrected chi connectivity index (χ1v) is 8.25. The number of benzene rings is 2. The molecule has 3 rings (SSSR count). The van der Waals surface area contributed by atoms with Crippen molar-refractivity contribution >= 4 is 29.0 Å². The number of urea groups is 1. The molecule has 1 aliphatic heterocycles.